The molecule has 0 nitrogen and oxygen atoms in total. The van der Waals surface area contributed by atoms with Crippen molar-refractivity contribution < 1.29 is 0 Å². The summed E-state index contributed by atoms with van der Waals surface area (Å²) < 4.78 is 5.80. The van der Waals surface area contributed by atoms with E-state index in [2.05, 4.69) is 74.5 Å². The van der Waals surface area contributed by atoms with Gasteiger partial charge in [0.15, 0.2) is 0 Å². The smallest absolute Gasteiger partial charge is 0.0636 e. The van der Waals surface area contributed by atoms with Crippen molar-refractivity contribution in [2.75, 3.05) is 0 Å². The van der Waals surface area contributed by atoms with Gasteiger partial charge in [-0.2, -0.15) is 0 Å². The summed E-state index contributed by atoms with van der Waals surface area (Å²) in [6.45, 7) is 4.55. The van der Waals surface area contributed by atoms with Crippen molar-refractivity contribution in [1.29, 1.82) is 0 Å². The van der Waals surface area contributed by atoms with Crippen LogP contribution in [0.4, 0.5) is 0 Å². The fourth-order valence-electron chi connectivity index (χ4n) is 4.80. The van der Waals surface area contributed by atoms with Crippen molar-refractivity contribution >= 4 is 52.8 Å². The molecule has 0 aliphatic rings. The van der Waals surface area contributed by atoms with Crippen LogP contribution < -0.4 is 0 Å². The molecule has 3 heterocycles. The number of hydrogen-bond acceptors (Lipinski definition) is 3. The maximum Gasteiger partial charge on any atom is 0.0636 e. The van der Waals surface area contributed by atoms with Crippen molar-refractivity contribution in [1.82, 2.24) is 0 Å². The normalized spacial score (nSPS) is 11.7. The van der Waals surface area contributed by atoms with E-state index in [1.807, 2.05) is 34.0 Å². The summed E-state index contributed by atoms with van der Waals surface area (Å²) in [5.41, 5.74) is 5.66. The zero-order chi connectivity index (χ0) is 24.0. The van der Waals surface area contributed by atoms with E-state index in [0.29, 0.717) is 0 Å². The van der Waals surface area contributed by atoms with Gasteiger partial charge in [0, 0.05) is 19.2 Å². The van der Waals surface area contributed by atoms with Crippen LogP contribution >= 0.6 is 34.0 Å². The highest BCUT2D eigenvalue weighted by atomic mass is 32.1. The number of fused-ring (bicyclic) bond motifs is 3. The lowest BCUT2D eigenvalue weighted by atomic mass is 10.0. The molecule has 3 heteroatoms. The summed E-state index contributed by atoms with van der Waals surface area (Å²) in [7, 11) is 0. The molecule has 0 N–H and O–H groups in total. The lowest BCUT2D eigenvalue weighted by Crippen LogP contribution is -1.85. The van der Waals surface area contributed by atoms with Gasteiger partial charge >= 0.3 is 0 Å². The van der Waals surface area contributed by atoms with E-state index in [0.717, 1.165) is 0 Å². The molecule has 0 aliphatic heterocycles. The van der Waals surface area contributed by atoms with Crippen molar-refractivity contribution in [2.45, 2.75) is 78.1 Å². The first kappa shape index (κ1) is 24.7. The highest BCUT2D eigenvalue weighted by Crippen LogP contribution is 2.48. The molecule has 3 aromatic heterocycles. The maximum atomic E-state index is 2.40. The Morgan fingerprint density at radius 2 is 0.914 bits per heavy atom. The number of unbranched alkanes of at least 4 members (excludes halogenated alkanes) is 6. The minimum absolute atomic E-state index is 1.21. The molecule has 0 saturated heterocycles. The Hall–Kier alpha value is -1.94. The molecule has 5 rings (SSSR count). The van der Waals surface area contributed by atoms with Gasteiger partial charge in [0.05, 0.1) is 9.40 Å². The van der Waals surface area contributed by atoms with Crippen molar-refractivity contribution in [3.05, 3.63) is 71.8 Å². The minimum atomic E-state index is 1.21. The Bertz CT molecular complexity index is 1240. The fraction of sp³-hybridized carbons (Fsp3) is 0.375. The number of thiophene rings is 3. The van der Waals surface area contributed by atoms with E-state index in [9.17, 15) is 0 Å². The first-order chi connectivity index (χ1) is 17.2. The summed E-state index contributed by atoms with van der Waals surface area (Å²) in [4.78, 5) is 2.79. The summed E-state index contributed by atoms with van der Waals surface area (Å²) in [6.07, 6.45) is 13.0. The predicted molar refractivity (Wildman–Crippen MR) is 162 cm³/mol. The van der Waals surface area contributed by atoms with Crippen LogP contribution in [-0.4, -0.2) is 0 Å². The monoisotopic (exact) mass is 516 g/mol. The number of hydrogen-bond donors (Lipinski definition) is 0. The van der Waals surface area contributed by atoms with Crippen LogP contribution in [-0.2, 0) is 12.8 Å². The highest BCUT2D eigenvalue weighted by molar-refractivity contribution is 7.40. The zero-order valence-corrected chi connectivity index (χ0v) is 23.5. The van der Waals surface area contributed by atoms with Crippen LogP contribution in [0.25, 0.3) is 39.7 Å². The topological polar surface area (TPSA) is 0 Å². The minimum Gasteiger partial charge on any atom is -0.133 e. The zero-order valence-electron chi connectivity index (χ0n) is 21.1. The number of rotatable bonds is 12. The molecule has 0 unspecified atom stereocenters. The lowest BCUT2D eigenvalue weighted by Gasteiger charge is -2.03. The molecule has 5 aromatic rings. The first-order valence-electron chi connectivity index (χ1n) is 13.4. The summed E-state index contributed by atoms with van der Waals surface area (Å²) in [5, 5.41) is 0. The molecular formula is C32H36S3. The third-order valence-electron chi connectivity index (χ3n) is 6.94. The molecule has 0 radical (unpaired) electrons. The Labute approximate surface area is 222 Å². The second-order valence-corrected chi connectivity index (χ2v) is 12.9. The van der Waals surface area contributed by atoms with E-state index in [-0.39, 0.29) is 0 Å². The van der Waals surface area contributed by atoms with Gasteiger partial charge in [-0.15, -0.1) is 34.0 Å². The molecule has 0 aliphatic carbocycles. The van der Waals surface area contributed by atoms with E-state index in [1.165, 1.54) is 115 Å². The summed E-state index contributed by atoms with van der Waals surface area (Å²) in [6, 6.07) is 23.4. The Kier molecular flexibility index (Phi) is 8.39. The molecule has 35 heavy (non-hydrogen) atoms. The molecule has 0 amide bonds. The van der Waals surface area contributed by atoms with Gasteiger partial charge in [0.2, 0.25) is 0 Å². The third-order valence-corrected chi connectivity index (χ3v) is 10.8. The van der Waals surface area contributed by atoms with Crippen molar-refractivity contribution in [2.24, 2.45) is 0 Å². The van der Waals surface area contributed by atoms with Crippen LogP contribution in [0.15, 0.2) is 60.7 Å². The SMILES string of the molecule is CCCCCCc1ccc(-c2cc3sc4cc(-c5ccc(CCCCCC)cc5)sc4c3s2)cc1. The molecular weight excluding hydrogens is 481 g/mol. The van der Waals surface area contributed by atoms with Gasteiger partial charge in [-0.25, -0.2) is 0 Å². The molecule has 0 bridgehead atoms. The van der Waals surface area contributed by atoms with Crippen LogP contribution in [0, 0.1) is 0 Å². The first-order valence-corrected chi connectivity index (χ1v) is 15.8. The third kappa shape index (κ3) is 5.90. The Morgan fingerprint density at radius 3 is 1.31 bits per heavy atom. The largest absolute Gasteiger partial charge is 0.133 e. The second-order valence-electron chi connectivity index (χ2n) is 9.73. The maximum absolute atomic E-state index is 2.40. The number of aryl methyl sites for hydroxylation is 2. The molecule has 0 spiro atoms. The van der Waals surface area contributed by atoms with Gasteiger partial charge in [-0.3, -0.25) is 0 Å². The molecule has 0 saturated carbocycles. The standard InChI is InChI=1S/C32H36S3/c1-3-5-7-9-11-23-13-17-25(18-14-23)27-21-29-31(34-27)32-30(33-29)22-28(35-32)26-19-15-24(16-20-26)12-10-8-6-4-2/h13-22H,3-12H2,1-2H3. The summed E-state index contributed by atoms with van der Waals surface area (Å²) >= 11 is 5.87. The van der Waals surface area contributed by atoms with Gasteiger partial charge in [0.1, 0.15) is 0 Å². The second kappa shape index (κ2) is 11.9. The Morgan fingerprint density at radius 1 is 0.486 bits per heavy atom. The quantitative estimate of drug-likeness (QED) is 0.145. The van der Waals surface area contributed by atoms with E-state index < -0.39 is 0 Å². The molecule has 182 valence electrons. The van der Waals surface area contributed by atoms with Gasteiger partial charge in [0.25, 0.3) is 0 Å². The predicted octanol–water partition coefficient (Wildman–Crippen LogP) is 11.8. The number of benzene rings is 2. The highest BCUT2D eigenvalue weighted by Gasteiger charge is 2.15. The average Bonchev–Trinajstić information content (AvgIpc) is 3.56. The van der Waals surface area contributed by atoms with Gasteiger partial charge in [-0.1, -0.05) is 101 Å². The Balaban J connectivity index is 1.30. The van der Waals surface area contributed by atoms with E-state index in [4.69, 9.17) is 0 Å². The lowest BCUT2D eigenvalue weighted by molar-refractivity contribution is 0.667. The molecule has 2 aromatic carbocycles. The van der Waals surface area contributed by atoms with Crippen LogP contribution in [0.2, 0.25) is 0 Å². The van der Waals surface area contributed by atoms with E-state index in [1.54, 1.807) is 0 Å². The van der Waals surface area contributed by atoms with Gasteiger partial charge < -0.3 is 0 Å². The fourth-order valence-corrected chi connectivity index (χ4v) is 8.84. The van der Waals surface area contributed by atoms with E-state index >= 15 is 0 Å². The van der Waals surface area contributed by atoms with Crippen LogP contribution in [0.5, 0.6) is 0 Å². The van der Waals surface area contributed by atoms with Crippen molar-refractivity contribution in [3.63, 3.8) is 0 Å². The van der Waals surface area contributed by atoms with Crippen LogP contribution in [0.1, 0.15) is 76.3 Å². The average molecular weight is 517 g/mol. The molecule has 0 atom stereocenters. The van der Waals surface area contributed by atoms with Gasteiger partial charge in [-0.05, 0) is 60.1 Å². The van der Waals surface area contributed by atoms with Crippen molar-refractivity contribution in [3.8, 4) is 20.9 Å². The molecule has 0 fully saturated rings. The van der Waals surface area contributed by atoms with Crippen LogP contribution in [0.3, 0.4) is 0 Å². The summed E-state index contributed by atoms with van der Waals surface area (Å²) in [5.74, 6) is 0.